The zero-order valence-electron chi connectivity index (χ0n) is 17.7. The van der Waals surface area contributed by atoms with Crippen LogP contribution in [0, 0.1) is 0 Å². The fraction of sp³-hybridized carbons (Fsp3) is 0.409. The van der Waals surface area contributed by atoms with E-state index in [0.29, 0.717) is 24.2 Å². The Balaban J connectivity index is 1.42. The van der Waals surface area contributed by atoms with E-state index >= 15 is 0 Å². The van der Waals surface area contributed by atoms with Gasteiger partial charge in [-0.25, -0.2) is 4.98 Å². The SMILES string of the molecule is C=CCn1c(CN(C)Cc2cccn2-c2ccc(Cl)cn2)nnc1SCC1CCCO1. The van der Waals surface area contributed by atoms with E-state index in [4.69, 9.17) is 16.3 Å². The molecular formula is C22H27ClN6OS. The van der Waals surface area contributed by atoms with Crippen molar-refractivity contribution in [2.24, 2.45) is 0 Å². The number of aromatic nitrogens is 5. The number of pyridine rings is 1. The van der Waals surface area contributed by atoms with Crippen molar-refractivity contribution in [2.45, 2.75) is 43.7 Å². The van der Waals surface area contributed by atoms with Gasteiger partial charge in [0.1, 0.15) is 11.6 Å². The molecule has 4 rings (SSSR count). The lowest BCUT2D eigenvalue weighted by atomic mass is 10.3. The molecule has 7 nitrogen and oxygen atoms in total. The molecule has 0 spiro atoms. The Morgan fingerprint density at radius 1 is 1.32 bits per heavy atom. The number of rotatable bonds is 10. The summed E-state index contributed by atoms with van der Waals surface area (Å²) in [6.07, 6.45) is 8.16. The van der Waals surface area contributed by atoms with Crippen molar-refractivity contribution < 1.29 is 4.74 Å². The molecule has 9 heteroatoms. The monoisotopic (exact) mass is 458 g/mol. The van der Waals surface area contributed by atoms with Crippen LogP contribution in [0.25, 0.3) is 5.82 Å². The van der Waals surface area contributed by atoms with E-state index in [1.54, 1.807) is 18.0 Å². The lowest BCUT2D eigenvalue weighted by Crippen LogP contribution is -2.22. The Kier molecular flexibility index (Phi) is 7.45. The Morgan fingerprint density at radius 2 is 2.23 bits per heavy atom. The van der Waals surface area contributed by atoms with Crippen LogP contribution < -0.4 is 0 Å². The maximum absolute atomic E-state index is 5.98. The minimum absolute atomic E-state index is 0.319. The molecule has 0 N–H and O–H groups in total. The summed E-state index contributed by atoms with van der Waals surface area (Å²) in [5.41, 5.74) is 1.14. The molecule has 1 unspecified atom stereocenters. The number of halogens is 1. The molecule has 1 saturated heterocycles. The summed E-state index contributed by atoms with van der Waals surface area (Å²) in [7, 11) is 2.08. The molecule has 0 saturated carbocycles. The first-order valence-corrected chi connectivity index (χ1v) is 11.7. The molecule has 4 heterocycles. The molecule has 1 aliphatic rings. The van der Waals surface area contributed by atoms with E-state index in [2.05, 4.69) is 48.9 Å². The van der Waals surface area contributed by atoms with E-state index in [9.17, 15) is 0 Å². The average Bonchev–Trinajstić information content (AvgIpc) is 3.51. The van der Waals surface area contributed by atoms with Crippen LogP contribution >= 0.6 is 23.4 Å². The van der Waals surface area contributed by atoms with E-state index in [1.807, 2.05) is 30.5 Å². The number of hydrogen-bond acceptors (Lipinski definition) is 6. The van der Waals surface area contributed by atoms with Crippen LogP contribution in [0.1, 0.15) is 24.4 Å². The molecule has 0 radical (unpaired) electrons. The van der Waals surface area contributed by atoms with Gasteiger partial charge in [0, 0.05) is 43.5 Å². The summed E-state index contributed by atoms with van der Waals surface area (Å²) < 4.78 is 9.95. The van der Waals surface area contributed by atoms with Crippen LogP contribution in [0.3, 0.4) is 0 Å². The van der Waals surface area contributed by atoms with Crippen molar-refractivity contribution in [1.29, 1.82) is 0 Å². The second kappa shape index (κ2) is 10.5. The Labute approximate surface area is 192 Å². The molecule has 0 aromatic carbocycles. The van der Waals surface area contributed by atoms with Crippen molar-refractivity contribution in [1.82, 2.24) is 29.2 Å². The van der Waals surface area contributed by atoms with Crippen LogP contribution in [0.4, 0.5) is 0 Å². The van der Waals surface area contributed by atoms with Crippen LogP contribution in [0.15, 0.2) is 54.5 Å². The largest absolute Gasteiger partial charge is 0.377 e. The van der Waals surface area contributed by atoms with Crippen LogP contribution in [0.5, 0.6) is 0 Å². The standard InChI is InChI=1S/C22H27ClN6OS/c1-3-10-29-21(25-26-22(29)31-16-19-7-5-12-30-19)15-27(2)14-18-6-4-11-28(18)20-9-8-17(23)13-24-20/h3-4,6,8-9,11,13,19H,1,5,7,10,12,14-16H2,2H3. The predicted molar refractivity (Wildman–Crippen MR) is 124 cm³/mol. The zero-order chi connectivity index (χ0) is 21.6. The van der Waals surface area contributed by atoms with Gasteiger partial charge in [-0.1, -0.05) is 29.4 Å². The van der Waals surface area contributed by atoms with Crippen molar-refractivity contribution in [3.8, 4) is 5.82 Å². The summed E-state index contributed by atoms with van der Waals surface area (Å²) >= 11 is 7.69. The summed E-state index contributed by atoms with van der Waals surface area (Å²) in [5, 5.41) is 10.5. The first kappa shape index (κ1) is 22.1. The van der Waals surface area contributed by atoms with Gasteiger partial charge in [0.15, 0.2) is 5.16 Å². The topological polar surface area (TPSA) is 61.0 Å². The summed E-state index contributed by atoms with van der Waals surface area (Å²) in [4.78, 5) is 6.65. The van der Waals surface area contributed by atoms with Gasteiger partial charge in [0.2, 0.25) is 0 Å². The van der Waals surface area contributed by atoms with E-state index in [1.165, 1.54) is 0 Å². The molecule has 3 aromatic heterocycles. The van der Waals surface area contributed by atoms with Gasteiger partial charge < -0.3 is 13.9 Å². The third kappa shape index (κ3) is 5.57. The van der Waals surface area contributed by atoms with Gasteiger partial charge in [0.25, 0.3) is 0 Å². The first-order valence-electron chi connectivity index (χ1n) is 10.4. The summed E-state index contributed by atoms with van der Waals surface area (Å²) in [5.74, 6) is 2.69. The normalized spacial score (nSPS) is 16.3. The van der Waals surface area contributed by atoms with Gasteiger partial charge in [0.05, 0.1) is 17.7 Å². The number of allylic oxidation sites excluding steroid dienone is 1. The predicted octanol–water partition coefficient (Wildman–Crippen LogP) is 4.21. The maximum Gasteiger partial charge on any atom is 0.191 e. The van der Waals surface area contributed by atoms with Crippen molar-refractivity contribution in [2.75, 3.05) is 19.4 Å². The van der Waals surface area contributed by atoms with Gasteiger partial charge in [-0.05, 0) is 44.2 Å². The second-order valence-electron chi connectivity index (χ2n) is 7.62. The quantitative estimate of drug-likeness (QED) is 0.335. The summed E-state index contributed by atoms with van der Waals surface area (Å²) in [6.45, 7) is 6.89. The third-order valence-electron chi connectivity index (χ3n) is 5.16. The third-order valence-corrected chi connectivity index (χ3v) is 6.48. The maximum atomic E-state index is 5.98. The first-order chi connectivity index (χ1) is 15.1. The number of hydrogen-bond donors (Lipinski definition) is 0. The molecule has 0 bridgehead atoms. The van der Waals surface area contributed by atoms with Gasteiger partial charge in [-0.3, -0.25) is 4.90 Å². The Morgan fingerprint density at radius 3 is 2.97 bits per heavy atom. The van der Waals surface area contributed by atoms with E-state index < -0.39 is 0 Å². The second-order valence-corrected chi connectivity index (χ2v) is 9.04. The van der Waals surface area contributed by atoms with Crippen LogP contribution in [-0.4, -0.2) is 54.7 Å². The molecule has 31 heavy (non-hydrogen) atoms. The molecule has 3 aromatic rings. The lowest BCUT2D eigenvalue weighted by molar-refractivity contribution is 0.129. The number of nitrogens with zero attached hydrogens (tertiary/aromatic N) is 6. The molecule has 0 amide bonds. The lowest BCUT2D eigenvalue weighted by Gasteiger charge is -2.18. The highest BCUT2D eigenvalue weighted by atomic mass is 35.5. The van der Waals surface area contributed by atoms with E-state index in [0.717, 1.165) is 54.2 Å². The molecule has 1 atom stereocenters. The van der Waals surface area contributed by atoms with Crippen LogP contribution in [0.2, 0.25) is 5.02 Å². The van der Waals surface area contributed by atoms with Crippen LogP contribution in [-0.2, 0) is 24.4 Å². The molecule has 1 fully saturated rings. The van der Waals surface area contributed by atoms with Crippen molar-refractivity contribution in [3.05, 3.63) is 65.9 Å². The van der Waals surface area contributed by atoms with Crippen molar-refractivity contribution in [3.63, 3.8) is 0 Å². The molecule has 1 aliphatic heterocycles. The smallest absolute Gasteiger partial charge is 0.191 e. The minimum Gasteiger partial charge on any atom is -0.377 e. The fourth-order valence-corrected chi connectivity index (χ4v) is 4.80. The highest BCUT2D eigenvalue weighted by Gasteiger charge is 2.19. The molecule has 164 valence electrons. The molecular weight excluding hydrogens is 432 g/mol. The van der Waals surface area contributed by atoms with Gasteiger partial charge in [-0.15, -0.1) is 16.8 Å². The Hall–Kier alpha value is -2.13. The highest BCUT2D eigenvalue weighted by molar-refractivity contribution is 7.99. The average molecular weight is 459 g/mol. The minimum atomic E-state index is 0.319. The van der Waals surface area contributed by atoms with Gasteiger partial charge in [-0.2, -0.15) is 0 Å². The number of ether oxygens (including phenoxy) is 1. The van der Waals surface area contributed by atoms with Gasteiger partial charge >= 0.3 is 0 Å². The number of thioether (sulfide) groups is 1. The van der Waals surface area contributed by atoms with E-state index in [-0.39, 0.29) is 0 Å². The summed E-state index contributed by atoms with van der Waals surface area (Å²) in [6, 6.07) is 7.90. The zero-order valence-corrected chi connectivity index (χ0v) is 19.2. The fourth-order valence-electron chi connectivity index (χ4n) is 3.65. The Bertz CT molecular complexity index is 996. The van der Waals surface area contributed by atoms with Crippen molar-refractivity contribution >= 4 is 23.4 Å². The molecule has 0 aliphatic carbocycles. The highest BCUT2D eigenvalue weighted by Crippen LogP contribution is 2.24.